The van der Waals surface area contributed by atoms with E-state index in [2.05, 4.69) is 31.3 Å². The zero-order valence-corrected chi connectivity index (χ0v) is 17.0. The minimum Gasteiger partial charge on any atom is -0.339 e. The van der Waals surface area contributed by atoms with Crippen molar-refractivity contribution >= 4 is 11.8 Å². The third kappa shape index (κ3) is 4.78. The standard InChI is InChI=1S/C23H29N3O2/c1-17-8-9-20(14-19(17)3)15-26(16-22(27)25-12-10-24-11-13-25)23(28)21-7-5-4-6-18(21)2/h4-9,14,24H,10-13,15-16H2,1-3H3. The highest BCUT2D eigenvalue weighted by Gasteiger charge is 2.24. The van der Waals surface area contributed by atoms with Crippen molar-refractivity contribution in [2.45, 2.75) is 27.3 Å². The van der Waals surface area contributed by atoms with Crippen LogP contribution in [0.3, 0.4) is 0 Å². The first-order chi connectivity index (χ1) is 13.5. The van der Waals surface area contributed by atoms with Crippen LogP contribution in [0.1, 0.15) is 32.6 Å². The highest BCUT2D eigenvalue weighted by Crippen LogP contribution is 2.16. The van der Waals surface area contributed by atoms with Gasteiger partial charge in [-0.15, -0.1) is 0 Å². The van der Waals surface area contributed by atoms with Gasteiger partial charge in [-0.3, -0.25) is 9.59 Å². The largest absolute Gasteiger partial charge is 0.339 e. The third-order valence-electron chi connectivity index (χ3n) is 5.40. The van der Waals surface area contributed by atoms with Gasteiger partial charge in [0.15, 0.2) is 0 Å². The van der Waals surface area contributed by atoms with Crippen LogP contribution in [-0.2, 0) is 11.3 Å². The van der Waals surface area contributed by atoms with E-state index in [1.165, 1.54) is 11.1 Å². The Bertz CT molecular complexity index is 857. The maximum atomic E-state index is 13.3. The van der Waals surface area contributed by atoms with Crippen molar-refractivity contribution in [3.63, 3.8) is 0 Å². The average Bonchev–Trinajstić information content (AvgIpc) is 2.70. The molecule has 5 nitrogen and oxygen atoms in total. The van der Waals surface area contributed by atoms with Crippen molar-refractivity contribution in [3.05, 3.63) is 70.3 Å². The van der Waals surface area contributed by atoms with Crippen LogP contribution in [0.15, 0.2) is 42.5 Å². The molecule has 1 fully saturated rings. The molecule has 1 N–H and O–H groups in total. The zero-order valence-electron chi connectivity index (χ0n) is 17.0. The second kappa shape index (κ2) is 9.02. The summed E-state index contributed by atoms with van der Waals surface area (Å²) in [5.41, 5.74) is 5.02. The smallest absolute Gasteiger partial charge is 0.254 e. The Morgan fingerprint density at radius 3 is 2.36 bits per heavy atom. The number of carbonyl (C=O) groups is 2. The molecule has 0 spiro atoms. The molecule has 0 aliphatic carbocycles. The number of amides is 2. The van der Waals surface area contributed by atoms with Gasteiger partial charge < -0.3 is 15.1 Å². The first-order valence-electron chi connectivity index (χ1n) is 9.85. The van der Waals surface area contributed by atoms with Crippen molar-refractivity contribution in [2.75, 3.05) is 32.7 Å². The number of benzene rings is 2. The van der Waals surface area contributed by atoms with Gasteiger partial charge in [0, 0.05) is 38.3 Å². The zero-order chi connectivity index (χ0) is 20.1. The molecular formula is C23H29N3O2. The predicted octanol–water partition coefficient (Wildman–Crippen LogP) is 2.69. The van der Waals surface area contributed by atoms with E-state index in [0.717, 1.165) is 24.2 Å². The van der Waals surface area contributed by atoms with Crippen molar-refractivity contribution in [2.24, 2.45) is 0 Å². The van der Waals surface area contributed by atoms with E-state index in [4.69, 9.17) is 0 Å². The Kier molecular flexibility index (Phi) is 6.47. The summed E-state index contributed by atoms with van der Waals surface area (Å²) >= 11 is 0. The molecule has 2 aromatic carbocycles. The number of aryl methyl sites for hydroxylation is 3. The SMILES string of the molecule is Cc1ccc(CN(CC(=O)N2CCNCC2)C(=O)c2ccccc2C)cc1C. The van der Waals surface area contributed by atoms with Gasteiger partial charge >= 0.3 is 0 Å². The Balaban J connectivity index is 1.84. The first-order valence-corrected chi connectivity index (χ1v) is 9.85. The minimum absolute atomic E-state index is 0.00673. The van der Waals surface area contributed by atoms with Crippen molar-refractivity contribution in [1.29, 1.82) is 0 Å². The van der Waals surface area contributed by atoms with Crippen LogP contribution in [0.4, 0.5) is 0 Å². The Labute approximate surface area is 167 Å². The Hall–Kier alpha value is -2.66. The van der Waals surface area contributed by atoms with Gasteiger partial charge in [-0.2, -0.15) is 0 Å². The van der Waals surface area contributed by atoms with E-state index in [1.54, 1.807) is 4.90 Å². The Morgan fingerprint density at radius 2 is 1.68 bits per heavy atom. The fourth-order valence-electron chi connectivity index (χ4n) is 3.48. The van der Waals surface area contributed by atoms with Gasteiger partial charge in [0.25, 0.3) is 5.91 Å². The van der Waals surface area contributed by atoms with E-state index in [-0.39, 0.29) is 18.4 Å². The number of nitrogens with one attached hydrogen (secondary N) is 1. The molecule has 2 amide bonds. The molecule has 148 valence electrons. The topological polar surface area (TPSA) is 52.7 Å². The molecule has 1 aliphatic rings. The van der Waals surface area contributed by atoms with E-state index in [0.29, 0.717) is 25.2 Å². The summed E-state index contributed by atoms with van der Waals surface area (Å²) in [6.07, 6.45) is 0. The number of piperazine rings is 1. The van der Waals surface area contributed by atoms with Crippen LogP contribution < -0.4 is 5.32 Å². The lowest BCUT2D eigenvalue weighted by Gasteiger charge is -2.31. The second-order valence-electron chi connectivity index (χ2n) is 7.53. The van der Waals surface area contributed by atoms with Gasteiger partial charge in [-0.1, -0.05) is 36.4 Å². The second-order valence-corrected chi connectivity index (χ2v) is 7.53. The fraction of sp³-hybridized carbons (Fsp3) is 0.391. The summed E-state index contributed by atoms with van der Waals surface area (Å²) in [7, 11) is 0. The molecule has 1 heterocycles. The van der Waals surface area contributed by atoms with Crippen LogP contribution >= 0.6 is 0 Å². The normalized spacial score (nSPS) is 14.0. The lowest BCUT2D eigenvalue weighted by Crippen LogP contribution is -2.50. The Morgan fingerprint density at radius 1 is 0.964 bits per heavy atom. The molecular weight excluding hydrogens is 350 g/mol. The molecule has 0 atom stereocenters. The molecule has 28 heavy (non-hydrogen) atoms. The number of nitrogens with zero attached hydrogens (tertiary/aromatic N) is 2. The number of hydrogen-bond acceptors (Lipinski definition) is 3. The van der Waals surface area contributed by atoms with E-state index in [9.17, 15) is 9.59 Å². The minimum atomic E-state index is -0.0974. The monoisotopic (exact) mass is 379 g/mol. The summed E-state index contributed by atoms with van der Waals surface area (Å²) < 4.78 is 0. The van der Waals surface area contributed by atoms with E-state index in [1.807, 2.05) is 42.2 Å². The van der Waals surface area contributed by atoms with Crippen molar-refractivity contribution < 1.29 is 9.59 Å². The third-order valence-corrected chi connectivity index (χ3v) is 5.40. The highest BCUT2D eigenvalue weighted by atomic mass is 16.2. The van der Waals surface area contributed by atoms with Gasteiger partial charge in [-0.05, 0) is 49.1 Å². The van der Waals surface area contributed by atoms with Gasteiger partial charge in [0.2, 0.25) is 5.91 Å². The van der Waals surface area contributed by atoms with E-state index < -0.39 is 0 Å². The number of carbonyl (C=O) groups excluding carboxylic acids is 2. The van der Waals surface area contributed by atoms with Crippen LogP contribution in [0, 0.1) is 20.8 Å². The van der Waals surface area contributed by atoms with Gasteiger partial charge in [0.1, 0.15) is 6.54 Å². The van der Waals surface area contributed by atoms with E-state index >= 15 is 0 Å². The summed E-state index contributed by atoms with van der Waals surface area (Å²) in [5, 5.41) is 3.26. The summed E-state index contributed by atoms with van der Waals surface area (Å²) in [6, 6.07) is 13.8. The number of hydrogen-bond donors (Lipinski definition) is 1. The van der Waals surface area contributed by atoms with Crippen LogP contribution in [0.25, 0.3) is 0 Å². The molecule has 1 aliphatic heterocycles. The van der Waals surface area contributed by atoms with Crippen LogP contribution in [-0.4, -0.2) is 54.3 Å². The van der Waals surface area contributed by atoms with Crippen LogP contribution in [0.2, 0.25) is 0 Å². The summed E-state index contributed by atoms with van der Waals surface area (Å²) in [5.74, 6) is -0.0907. The van der Waals surface area contributed by atoms with Gasteiger partial charge in [-0.25, -0.2) is 0 Å². The average molecular weight is 380 g/mol. The fourth-order valence-corrected chi connectivity index (χ4v) is 3.48. The van der Waals surface area contributed by atoms with Gasteiger partial charge in [0.05, 0.1) is 0 Å². The van der Waals surface area contributed by atoms with Crippen molar-refractivity contribution in [1.82, 2.24) is 15.1 Å². The number of rotatable bonds is 5. The molecule has 1 saturated heterocycles. The lowest BCUT2D eigenvalue weighted by molar-refractivity contribution is -0.132. The molecule has 5 heteroatoms. The summed E-state index contributed by atoms with van der Waals surface area (Å²) in [6.45, 7) is 9.57. The van der Waals surface area contributed by atoms with Crippen LogP contribution in [0.5, 0.6) is 0 Å². The summed E-state index contributed by atoms with van der Waals surface area (Å²) in [4.78, 5) is 29.6. The maximum absolute atomic E-state index is 13.3. The first kappa shape index (κ1) is 20.1. The molecule has 0 bridgehead atoms. The highest BCUT2D eigenvalue weighted by molar-refractivity contribution is 5.97. The maximum Gasteiger partial charge on any atom is 0.254 e. The molecule has 0 aromatic heterocycles. The quantitative estimate of drug-likeness (QED) is 0.869. The predicted molar refractivity (Wildman–Crippen MR) is 111 cm³/mol. The molecule has 3 rings (SSSR count). The molecule has 2 aromatic rings. The molecule has 0 unspecified atom stereocenters. The molecule has 0 radical (unpaired) electrons. The van der Waals surface area contributed by atoms with Crippen molar-refractivity contribution in [3.8, 4) is 0 Å². The lowest BCUT2D eigenvalue weighted by atomic mass is 10.0. The molecule has 0 saturated carbocycles.